The molecule has 1 saturated heterocycles. The molecule has 1 atom stereocenters. The number of nitrogens with one attached hydrogen (secondary N) is 1. The van der Waals surface area contributed by atoms with Crippen LogP contribution in [0, 0.1) is 0 Å². The lowest BCUT2D eigenvalue weighted by Gasteiger charge is -2.22. The molecule has 0 saturated carbocycles. The molecule has 3 rings (SSSR count). The number of rotatable bonds is 3. The molecular formula is C13H16N4S. The molecule has 1 aromatic carbocycles. The highest BCUT2D eigenvalue weighted by molar-refractivity contribution is 8.00. The van der Waals surface area contributed by atoms with Crippen molar-refractivity contribution in [3.8, 4) is 0 Å². The number of hydrogen-bond donors (Lipinski definition) is 1. The van der Waals surface area contributed by atoms with Crippen LogP contribution in [-0.4, -0.2) is 32.2 Å². The van der Waals surface area contributed by atoms with Gasteiger partial charge in [-0.1, -0.05) is 12.1 Å². The SMILES string of the molecule is CC1(CNc2nnc3ccccc3n2)CCCS1. The van der Waals surface area contributed by atoms with Gasteiger partial charge in [-0.2, -0.15) is 11.8 Å². The highest BCUT2D eigenvalue weighted by atomic mass is 32.2. The summed E-state index contributed by atoms with van der Waals surface area (Å²) in [5.74, 6) is 1.89. The molecule has 0 spiro atoms. The second-order valence-corrected chi connectivity index (χ2v) is 6.56. The van der Waals surface area contributed by atoms with Gasteiger partial charge in [0.2, 0.25) is 5.95 Å². The lowest BCUT2D eigenvalue weighted by molar-refractivity contribution is 0.632. The van der Waals surface area contributed by atoms with Gasteiger partial charge in [-0.05, 0) is 37.7 Å². The number of nitrogens with zero attached hydrogens (tertiary/aromatic N) is 3. The number of thioether (sulfide) groups is 1. The van der Waals surface area contributed by atoms with Crippen LogP contribution < -0.4 is 5.32 Å². The van der Waals surface area contributed by atoms with Crippen LogP contribution in [-0.2, 0) is 0 Å². The van der Waals surface area contributed by atoms with Crippen LogP contribution in [0.4, 0.5) is 5.95 Å². The normalized spacial score (nSPS) is 23.4. The topological polar surface area (TPSA) is 50.7 Å². The second kappa shape index (κ2) is 4.72. The molecule has 2 heterocycles. The predicted octanol–water partition coefficient (Wildman–Crippen LogP) is 2.72. The van der Waals surface area contributed by atoms with Gasteiger partial charge in [0, 0.05) is 11.3 Å². The van der Waals surface area contributed by atoms with Crippen LogP contribution >= 0.6 is 11.8 Å². The third-order valence-corrected chi connectivity index (χ3v) is 4.82. The Balaban J connectivity index is 1.74. The van der Waals surface area contributed by atoms with Gasteiger partial charge >= 0.3 is 0 Å². The van der Waals surface area contributed by atoms with Crippen LogP contribution in [0.2, 0.25) is 0 Å². The molecule has 1 aliphatic heterocycles. The first-order valence-electron chi connectivity index (χ1n) is 6.23. The van der Waals surface area contributed by atoms with E-state index in [0.717, 1.165) is 17.6 Å². The lowest BCUT2D eigenvalue weighted by atomic mass is 10.1. The maximum atomic E-state index is 4.47. The largest absolute Gasteiger partial charge is 0.352 e. The maximum absolute atomic E-state index is 4.47. The van der Waals surface area contributed by atoms with E-state index in [1.54, 1.807) is 0 Å². The maximum Gasteiger partial charge on any atom is 0.243 e. The standard InChI is InChI=1S/C13H16N4S/c1-13(7-4-8-18-13)9-14-12-15-10-5-2-3-6-11(10)16-17-12/h2-3,5-6H,4,7-9H2,1H3,(H,14,15,17). The zero-order valence-corrected chi connectivity index (χ0v) is 11.2. The van der Waals surface area contributed by atoms with E-state index in [0.29, 0.717) is 10.7 Å². The fourth-order valence-corrected chi connectivity index (χ4v) is 3.44. The van der Waals surface area contributed by atoms with Crippen molar-refractivity contribution in [2.24, 2.45) is 0 Å². The number of fused-ring (bicyclic) bond motifs is 1. The van der Waals surface area contributed by atoms with Gasteiger partial charge in [0.15, 0.2) is 0 Å². The lowest BCUT2D eigenvalue weighted by Crippen LogP contribution is -2.27. The van der Waals surface area contributed by atoms with Gasteiger partial charge in [0.05, 0.1) is 5.52 Å². The molecule has 0 aliphatic carbocycles. The molecule has 1 aromatic heterocycles. The molecule has 0 bridgehead atoms. The summed E-state index contributed by atoms with van der Waals surface area (Å²) < 4.78 is 0.314. The molecule has 0 amide bonds. The van der Waals surface area contributed by atoms with Gasteiger partial charge in [-0.25, -0.2) is 4.98 Å². The minimum absolute atomic E-state index is 0.314. The van der Waals surface area contributed by atoms with E-state index in [-0.39, 0.29) is 0 Å². The number of benzene rings is 1. The quantitative estimate of drug-likeness (QED) is 0.919. The summed E-state index contributed by atoms with van der Waals surface area (Å²) in [6.07, 6.45) is 2.56. The third-order valence-electron chi connectivity index (χ3n) is 3.28. The minimum Gasteiger partial charge on any atom is -0.352 e. The third kappa shape index (κ3) is 2.41. The molecule has 94 valence electrons. The number of para-hydroxylation sites is 1. The summed E-state index contributed by atoms with van der Waals surface area (Å²) in [5, 5.41) is 11.6. The average Bonchev–Trinajstić information content (AvgIpc) is 2.84. The first kappa shape index (κ1) is 11.7. The van der Waals surface area contributed by atoms with Crippen molar-refractivity contribution >= 4 is 28.7 Å². The Kier molecular flexibility index (Phi) is 3.07. The predicted molar refractivity (Wildman–Crippen MR) is 75.9 cm³/mol. The molecule has 1 N–H and O–H groups in total. The molecule has 1 fully saturated rings. The van der Waals surface area contributed by atoms with E-state index >= 15 is 0 Å². The van der Waals surface area contributed by atoms with Crippen LogP contribution in [0.1, 0.15) is 19.8 Å². The monoisotopic (exact) mass is 260 g/mol. The Bertz CT molecular complexity index is 551. The summed E-state index contributed by atoms with van der Waals surface area (Å²) in [7, 11) is 0. The summed E-state index contributed by atoms with van der Waals surface area (Å²) >= 11 is 2.03. The molecule has 1 aliphatic rings. The van der Waals surface area contributed by atoms with E-state index in [2.05, 4.69) is 27.4 Å². The molecule has 4 nitrogen and oxygen atoms in total. The summed E-state index contributed by atoms with van der Waals surface area (Å²) in [5.41, 5.74) is 1.73. The summed E-state index contributed by atoms with van der Waals surface area (Å²) in [4.78, 5) is 4.47. The Morgan fingerprint density at radius 2 is 2.11 bits per heavy atom. The smallest absolute Gasteiger partial charge is 0.243 e. The molecule has 2 aromatic rings. The van der Waals surface area contributed by atoms with Crippen molar-refractivity contribution in [2.45, 2.75) is 24.5 Å². The Hall–Kier alpha value is -1.36. The molecular weight excluding hydrogens is 244 g/mol. The highest BCUT2D eigenvalue weighted by Gasteiger charge is 2.29. The Morgan fingerprint density at radius 3 is 2.89 bits per heavy atom. The van der Waals surface area contributed by atoms with E-state index < -0.39 is 0 Å². The number of anilines is 1. The minimum atomic E-state index is 0.314. The van der Waals surface area contributed by atoms with Gasteiger partial charge in [0.1, 0.15) is 5.52 Å². The Labute approximate surface area is 111 Å². The van der Waals surface area contributed by atoms with E-state index in [1.807, 2.05) is 36.0 Å². The van der Waals surface area contributed by atoms with Gasteiger partial charge < -0.3 is 5.32 Å². The second-order valence-electron chi connectivity index (χ2n) is 4.88. The molecule has 18 heavy (non-hydrogen) atoms. The van der Waals surface area contributed by atoms with Crippen molar-refractivity contribution < 1.29 is 0 Å². The summed E-state index contributed by atoms with van der Waals surface area (Å²) in [6.45, 7) is 3.20. The van der Waals surface area contributed by atoms with E-state index in [1.165, 1.54) is 18.6 Å². The van der Waals surface area contributed by atoms with Gasteiger partial charge in [-0.3, -0.25) is 0 Å². The fraction of sp³-hybridized carbons (Fsp3) is 0.462. The summed E-state index contributed by atoms with van der Waals surface area (Å²) in [6, 6.07) is 7.80. The van der Waals surface area contributed by atoms with Gasteiger partial charge in [0.25, 0.3) is 0 Å². The van der Waals surface area contributed by atoms with Crippen molar-refractivity contribution in [3.05, 3.63) is 24.3 Å². The average molecular weight is 260 g/mol. The van der Waals surface area contributed by atoms with E-state index in [4.69, 9.17) is 0 Å². The first-order valence-corrected chi connectivity index (χ1v) is 7.21. The van der Waals surface area contributed by atoms with Crippen molar-refractivity contribution in [2.75, 3.05) is 17.6 Å². The van der Waals surface area contributed by atoms with Crippen LogP contribution in [0.15, 0.2) is 24.3 Å². The number of aromatic nitrogens is 3. The fourth-order valence-electron chi connectivity index (χ4n) is 2.20. The molecule has 5 heteroatoms. The zero-order chi connectivity index (χ0) is 12.4. The van der Waals surface area contributed by atoms with Crippen molar-refractivity contribution in [3.63, 3.8) is 0 Å². The van der Waals surface area contributed by atoms with E-state index in [9.17, 15) is 0 Å². The van der Waals surface area contributed by atoms with Crippen LogP contribution in [0.5, 0.6) is 0 Å². The molecule has 1 unspecified atom stereocenters. The zero-order valence-electron chi connectivity index (χ0n) is 10.4. The van der Waals surface area contributed by atoms with Crippen molar-refractivity contribution in [1.29, 1.82) is 0 Å². The molecule has 0 radical (unpaired) electrons. The highest BCUT2D eigenvalue weighted by Crippen LogP contribution is 2.37. The first-order chi connectivity index (χ1) is 8.75. The van der Waals surface area contributed by atoms with Crippen LogP contribution in [0.25, 0.3) is 11.0 Å². The Morgan fingerprint density at radius 1 is 1.28 bits per heavy atom. The number of hydrogen-bond acceptors (Lipinski definition) is 5. The van der Waals surface area contributed by atoms with Gasteiger partial charge in [-0.15, -0.1) is 10.2 Å². The van der Waals surface area contributed by atoms with Crippen LogP contribution in [0.3, 0.4) is 0 Å². The van der Waals surface area contributed by atoms with Crippen molar-refractivity contribution in [1.82, 2.24) is 15.2 Å².